The Hall–Kier alpha value is -0.460. The molecule has 0 aliphatic heterocycles. The average molecular weight is 321 g/mol. The van der Waals surface area contributed by atoms with Crippen LogP contribution in [0.5, 0.6) is 0 Å². The molecule has 18 heavy (non-hydrogen) atoms. The van der Waals surface area contributed by atoms with Crippen LogP contribution >= 0.6 is 15.9 Å². The van der Waals surface area contributed by atoms with Gasteiger partial charge in [0, 0.05) is 13.1 Å². The summed E-state index contributed by atoms with van der Waals surface area (Å²) in [4.78, 5) is 2.04. The molecule has 1 aromatic heterocycles. The van der Waals surface area contributed by atoms with Crippen LogP contribution in [0.25, 0.3) is 0 Å². The smallest absolute Gasteiger partial charge is 0.165 e. The highest BCUT2D eigenvalue weighted by atomic mass is 79.9. The third-order valence-corrected chi connectivity index (χ3v) is 3.53. The number of likely N-dealkylation sites (N-methyl/N-ethyl adjacent to an activating group) is 1. The molecule has 4 nitrogen and oxygen atoms in total. The van der Waals surface area contributed by atoms with Crippen molar-refractivity contribution in [2.45, 2.75) is 32.0 Å². The Bertz CT molecular complexity index is 380. The molecule has 2 N–H and O–H groups in total. The first-order valence-corrected chi connectivity index (χ1v) is 6.99. The van der Waals surface area contributed by atoms with Gasteiger partial charge in [-0.25, -0.2) is 4.39 Å². The highest BCUT2D eigenvalue weighted by Crippen LogP contribution is 2.35. The molecule has 0 bridgehead atoms. The van der Waals surface area contributed by atoms with Crippen molar-refractivity contribution in [3.63, 3.8) is 0 Å². The topological polar surface area (TPSA) is 47.1 Å². The molecule has 0 saturated carbocycles. The summed E-state index contributed by atoms with van der Waals surface area (Å²) in [6, 6.07) is 0. The number of nitrogens with zero attached hydrogens (tertiary/aromatic N) is 3. The molecule has 0 saturated heterocycles. The third-order valence-electron chi connectivity index (χ3n) is 2.95. The van der Waals surface area contributed by atoms with Crippen LogP contribution in [0.1, 0.15) is 25.5 Å². The van der Waals surface area contributed by atoms with Gasteiger partial charge < -0.3 is 10.6 Å². The van der Waals surface area contributed by atoms with E-state index in [0.29, 0.717) is 23.1 Å². The number of halogens is 2. The zero-order valence-electron chi connectivity index (χ0n) is 11.3. The quantitative estimate of drug-likeness (QED) is 0.837. The molecule has 1 atom stereocenters. The lowest BCUT2D eigenvalue weighted by Crippen LogP contribution is -2.34. The molecule has 1 rings (SSSR count). The van der Waals surface area contributed by atoms with Crippen molar-refractivity contribution >= 4 is 15.9 Å². The molecule has 0 aliphatic rings. The number of aromatic nitrogens is 2. The molecular weight excluding hydrogens is 299 g/mol. The Kier molecular flexibility index (Phi) is 5.75. The Morgan fingerprint density at radius 2 is 2.22 bits per heavy atom. The Balaban J connectivity index is 3.01. The van der Waals surface area contributed by atoms with Crippen molar-refractivity contribution in [1.29, 1.82) is 0 Å². The molecule has 6 heteroatoms. The van der Waals surface area contributed by atoms with Gasteiger partial charge in [0.1, 0.15) is 0 Å². The second-order valence-corrected chi connectivity index (χ2v) is 5.64. The second-order valence-electron chi connectivity index (χ2n) is 4.79. The first-order chi connectivity index (χ1) is 8.44. The first-order valence-electron chi connectivity index (χ1n) is 6.20. The Morgan fingerprint density at radius 1 is 1.56 bits per heavy atom. The SMILES string of the molecule is CCCC(F)(CN)c1c(Br)cnn1CCN(C)C. The van der Waals surface area contributed by atoms with Crippen molar-refractivity contribution in [2.75, 3.05) is 27.2 Å². The minimum atomic E-state index is -1.50. The lowest BCUT2D eigenvalue weighted by molar-refractivity contribution is 0.143. The van der Waals surface area contributed by atoms with Crippen molar-refractivity contribution in [3.05, 3.63) is 16.4 Å². The van der Waals surface area contributed by atoms with Crippen molar-refractivity contribution in [3.8, 4) is 0 Å². The van der Waals surface area contributed by atoms with E-state index in [0.717, 1.165) is 13.0 Å². The number of rotatable bonds is 7. The molecule has 0 aromatic carbocycles. The summed E-state index contributed by atoms with van der Waals surface area (Å²) in [5.74, 6) is 0. The van der Waals surface area contributed by atoms with Gasteiger partial charge >= 0.3 is 0 Å². The van der Waals surface area contributed by atoms with Gasteiger partial charge in [-0.2, -0.15) is 5.10 Å². The Labute approximate surface area is 116 Å². The van der Waals surface area contributed by atoms with E-state index in [1.54, 1.807) is 10.9 Å². The van der Waals surface area contributed by atoms with Crippen LogP contribution in [0.2, 0.25) is 0 Å². The maximum absolute atomic E-state index is 14.9. The van der Waals surface area contributed by atoms with Crippen LogP contribution in [0, 0.1) is 0 Å². The van der Waals surface area contributed by atoms with Gasteiger partial charge in [0.05, 0.1) is 22.9 Å². The predicted octanol–water partition coefficient (Wildman–Crippen LogP) is 2.13. The van der Waals surface area contributed by atoms with Gasteiger partial charge in [0.15, 0.2) is 5.67 Å². The largest absolute Gasteiger partial charge is 0.327 e. The maximum Gasteiger partial charge on any atom is 0.165 e. The first kappa shape index (κ1) is 15.6. The van der Waals surface area contributed by atoms with Gasteiger partial charge in [-0.05, 0) is 36.4 Å². The monoisotopic (exact) mass is 320 g/mol. The fraction of sp³-hybridized carbons (Fsp3) is 0.750. The van der Waals surface area contributed by atoms with Crippen LogP contribution in [0.4, 0.5) is 4.39 Å². The average Bonchev–Trinajstić information content (AvgIpc) is 2.68. The third kappa shape index (κ3) is 3.52. The fourth-order valence-corrected chi connectivity index (χ4v) is 2.64. The van der Waals surface area contributed by atoms with Gasteiger partial charge in [0.2, 0.25) is 0 Å². The zero-order chi connectivity index (χ0) is 13.8. The summed E-state index contributed by atoms with van der Waals surface area (Å²) in [5, 5.41) is 4.23. The van der Waals surface area contributed by atoms with E-state index in [1.807, 2.05) is 25.9 Å². The van der Waals surface area contributed by atoms with E-state index in [2.05, 4.69) is 21.0 Å². The summed E-state index contributed by atoms with van der Waals surface area (Å²) in [7, 11) is 3.96. The predicted molar refractivity (Wildman–Crippen MR) is 75.2 cm³/mol. The van der Waals surface area contributed by atoms with Crippen LogP contribution < -0.4 is 5.73 Å². The standard InChI is InChI=1S/C12H22BrFN4/c1-4-5-12(14,9-15)11-10(13)8-16-18(11)7-6-17(2)3/h8H,4-7,9,15H2,1-3H3. The van der Waals surface area contributed by atoms with E-state index in [9.17, 15) is 4.39 Å². The minimum absolute atomic E-state index is 0.0207. The molecule has 0 spiro atoms. The highest BCUT2D eigenvalue weighted by Gasteiger charge is 2.35. The molecule has 1 aromatic rings. The lowest BCUT2D eigenvalue weighted by Gasteiger charge is -2.25. The summed E-state index contributed by atoms with van der Waals surface area (Å²) in [5.41, 5.74) is 4.69. The van der Waals surface area contributed by atoms with E-state index >= 15 is 0 Å². The van der Waals surface area contributed by atoms with Crippen molar-refractivity contribution < 1.29 is 4.39 Å². The van der Waals surface area contributed by atoms with Gasteiger partial charge in [0.25, 0.3) is 0 Å². The normalized spacial score (nSPS) is 15.1. The van der Waals surface area contributed by atoms with E-state index in [1.165, 1.54) is 0 Å². The van der Waals surface area contributed by atoms with Gasteiger partial charge in [-0.1, -0.05) is 13.3 Å². The summed E-state index contributed by atoms with van der Waals surface area (Å²) in [6.45, 7) is 3.41. The summed E-state index contributed by atoms with van der Waals surface area (Å²) < 4.78 is 17.3. The van der Waals surface area contributed by atoms with Crippen molar-refractivity contribution in [2.24, 2.45) is 5.73 Å². The molecule has 0 aliphatic carbocycles. The number of hydrogen-bond acceptors (Lipinski definition) is 3. The summed E-state index contributed by atoms with van der Waals surface area (Å²) >= 11 is 3.38. The molecule has 0 radical (unpaired) electrons. The van der Waals surface area contributed by atoms with E-state index in [4.69, 9.17) is 5.73 Å². The molecule has 0 amide bonds. The minimum Gasteiger partial charge on any atom is -0.327 e. The molecule has 1 unspecified atom stereocenters. The van der Waals surface area contributed by atoms with Crippen LogP contribution in [-0.2, 0) is 12.2 Å². The molecule has 0 fully saturated rings. The fourth-order valence-electron chi connectivity index (χ4n) is 1.99. The highest BCUT2D eigenvalue weighted by molar-refractivity contribution is 9.10. The Morgan fingerprint density at radius 3 is 2.72 bits per heavy atom. The molecule has 104 valence electrons. The van der Waals surface area contributed by atoms with Crippen LogP contribution in [0.15, 0.2) is 10.7 Å². The van der Waals surface area contributed by atoms with Gasteiger partial charge in [-0.3, -0.25) is 4.68 Å². The number of nitrogens with two attached hydrogens (primary N) is 1. The van der Waals surface area contributed by atoms with Gasteiger partial charge in [-0.15, -0.1) is 0 Å². The summed E-state index contributed by atoms with van der Waals surface area (Å²) in [6.07, 6.45) is 2.80. The number of hydrogen-bond donors (Lipinski definition) is 1. The maximum atomic E-state index is 14.9. The lowest BCUT2D eigenvalue weighted by atomic mass is 9.96. The second kappa shape index (κ2) is 6.63. The molecule has 1 heterocycles. The van der Waals surface area contributed by atoms with E-state index in [-0.39, 0.29) is 6.54 Å². The number of alkyl halides is 1. The van der Waals surface area contributed by atoms with Crippen molar-refractivity contribution in [1.82, 2.24) is 14.7 Å². The van der Waals surface area contributed by atoms with Crippen LogP contribution in [0.3, 0.4) is 0 Å². The zero-order valence-corrected chi connectivity index (χ0v) is 12.9. The molecular formula is C12H22BrFN4. The van der Waals surface area contributed by atoms with E-state index < -0.39 is 5.67 Å². The van der Waals surface area contributed by atoms with Crippen LogP contribution in [-0.4, -0.2) is 41.9 Å².